The number of thiazole rings is 1. The second-order valence-electron chi connectivity index (χ2n) is 20.5. The van der Waals surface area contributed by atoms with Gasteiger partial charge in [-0.15, -0.1) is 22.7 Å². The number of fused-ring (bicyclic) bond motifs is 1. The van der Waals surface area contributed by atoms with Crippen molar-refractivity contribution in [3.63, 3.8) is 0 Å². The van der Waals surface area contributed by atoms with E-state index >= 15 is 0 Å². The largest absolute Gasteiger partial charge is 0.493 e. The number of aromatic nitrogens is 3. The van der Waals surface area contributed by atoms with E-state index in [1.165, 1.54) is 20.9 Å². The zero-order valence-corrected chi connectivity index (χ0v) is 45.3. The van der Waals surface area contributed by atoms with Crippen molar-refractivity contribution in [1.82, 2.24) is 40.7 Å². The van der Waals surface area contributed by atoms with E-state index in [1.807, 2.05) is 76.5 Å². The molecule has 0 spiro atoms. The number of hydrogen-bond acceptors (Lipinski definition) is 14. The number of piperidine rings is 1. The molecule has 0 bridgehead atoms. The molecule has 3 aromatic carbocycles. The van der Waals surface area contributed by atoms with E-state index in [1.54, 1.807) is 41.8 Å². The highest BCUT2D eigenvalue weighted by atomic mass is 32.1. The predicted octanol–water partition coefficient (Wildman–Crippen LogP) is 8.21. The van der Waals surface area contributed by atoms with Gasteiger partial charge in [0.2, 0.25) is 23.6 Å². The summed E-state index contributed by atoms with van der Waals surface area (Å²) in [6.45, 7) is 14.3. The minimum absolute atomic E-state index is 0.0199. The van der Waals surface area contributed by atoms with Crippen LogP contribution in [0.15, 0.2) is 77.6 Å². The van der Waals surface area contributed by atoms with Crippen LogP contribution in [0.3, 0.4) is 0 Å². The van der Waals surface area contributed by atoms with Crippen molar-refractivity contribution < 1.29 is 33.8 Å². The minimum atomic E-state index is -1.02. The van der Waals surface area contributed by atoms with Gasteiger partial charge in [0.25, 0.3) is 0 Å². The summed E-state index contributed by atoms with van der Waals surface area (Å²) in [6, 6.07) is 20.4. The van der Waals surface area contributed by atoms with E-state index < -0.39 is 35.4 Å². The standard InChI is InChI=1S/C56H69N9O7S2/c1-33(60-53-43-25-46(71-7)47(72-8)26-44(43)61-35(3)62-53)48-23-40(31-73-48)42-12-10-9-11-39(42)29-57-20-17-36-18-21-64(22-19-36)50(68)27-49(67)63-52(56(4,5)6)55(70)65-30-41(66)24-45(65)54(69)58-28-37-13-15-38(16-14-37)51-34(2)59-32-74-51/h9-16,23,25-26,31-33,36,41,45,52,57,66H,17-22,24,27-30H2,1-8H3,(H,58,69)(H,63,67)(H,60,61,62)/t33-,41-,45+,52-/m1/s1. The lowest BCUT2D eigenvalue weighted by Crippen LogP contribution is -2.58. The Kier molecular flexibility index (Phi) is 17.3. The number of aryl methyl sites for hydroxylation is 2. The van der Waals surface area contributed by atoms with E-state index in [0.29, 0.717) is 42.9 Å². The number of carbonyl (C=O) groups excluding carboxylic acids is 4. The third-order valence-corrected chi connectivity index (χ3v) is 16.2. The normalized spacial score (nSPS) is 17.0. The Bertz CT molecular complexity index is 2940. The summed E-state index contributed by atoms with van der Waals surface area (Å²) in [7, 11) is 3.23. The number of hydrogen-bond donors (Lipinski definition) is 5. The lowest BCUT2D eigenvalue weighted by Gasteiger charge is -2.36. The smallest absolute Gasteiger partial charge is 0.246 e. The van der Waals surface area contributed by atoms with Crippen LogP contribution >= 0.6 is 22.7 Å². The second-order valence-corrected chi connectivity index (χ2v) is 22.3. The highest BCUT2D eigenvalue weighted by Crippen LogP contribution is 2.37. The summed E-state index contributed by atoms with van der Waals surface area (Å²) in [5.74, 6) is 1.38. The molecule has 2 fully saturated rings. The number of β-amino-alcohol motifs (C(OH)–C–C–N with tert-alkyl or cyclic N) is 1. The van der Waals surface area contributed by atoms with Crippen molar-refractivity contribution in [2.24, 2.45) is 11.3 Å². The van der Waals surface area contributed by atoms with E-state index in [4.69, 9.17) is 14.5 Å². The number of nitrogens with zero attached hydrogens (tertiary/aromatic N) is 5. The Morgan fingerprint density at radius 3 is 2.34 bits per heavy atom. The van der Waals surface area contributed by atoms with Crippen LogP contribution in [0, 0.1) is 25.2 Å². The van der Waals surface area contributed by atoms with Crippen molar-refractivity contribution in [3.05, 3.63) is 105 Å². The Balaban J connectivity index is 0.779. The fourth-order valence-corrected chi connectivity index (χ4v) is 11.6. The van der Waals surface area contributed by atoms with Crippen LogP contribution in [-0.4, -0.2) is 112 Å². The molecule has 4 atom stereocenters. The van der Waals surface area contributed by atoms with Gasteiger partial charge < -0.3 is 45.6 Å². The van der Waals surface area contributed by atoms with Crippen LogP contribution in [0.25, 0.3) is 32.5 Å². The average Bonchev–Trinajstić information content (AvgIpc) is 4.16. The van der Waals surface area contributed by atoms with Crippen LogP contribution in [0.5, 0.6) is 11.5 Å². The summed E-state index contributed by atoms with van der Waals surface area (Å²) in [5, 5.41) is 26.8. The Hall–Kier alpha value is -6.47. The van der Waals surface area contributed by atoms with Crippen LogP contribution < -0.4 is 30.7 Å². The first kappa shape index (κ1) is 53.8. The molecule has 0 saturated carbocycles. The van der Waals surface area contributed by atoms with Crippen molar-refractivity contribution in [3.8, 4) is 33.1 Å². The average molecular weight is 1040 g/mol. The van der Waals surface area contributed by atoms with Gasteiger partial charge in [-0.25, -0.2) is 15.0 Å². The van der Waals surface area contributed by atoms with Gasteiger partial charge >= 0.3 is 0 Å². The maximum Gasteiger partial charge on any atom is 0.246 e. The number of anilines is 1. The number of ether oxygens (including phenoxy) is 2. The van der Waals surface area contributed by atoms with Crippen molar-refractivity contribution in [2.75, 3.05) is 45.7 Å². The molecular weight excluding hydrogens is 975 g/mol. The fourth-order valence-electron chi connectivity index (χ4n) is 9.88. The Morgan fingerprint density at radius 1 is 0.905 bits per heavy atom. The van der Waals surface area contributed by atoms with E-state index in [-0.39, 0.29) is 43.8 Å². The molecule has 0 unspecified atom stereocenters. The van der Waals surface area contributed by atoms with E-state index in [2.05, 4.69) is 73.9 Å². The number of likely N-dealkylation sites (tertiary alicyclic amines) is 2. The molecule has 3 aromatic heterocycles. The number of nitrogens with one attached hydrogen (secondary N) is 4. The highest BCUT2D eigenvalue weighted by Gasteiger charge is 2.44. The third-order valence-electron chi connectivity index (χ3n) is 14.1. The van der Waals surface area contributed by atoms with Gasteiger partial charge in [-0.1, -0.05) is 69.3 Å². The molecule has 5 N–H and O–H groups in total. The van der Waals surface area contributed by atoms with E-state index in [9.17, 15) is 24.3 Å². The monoisotopic (exact) mass is 1040 g/mol. The maximum atomic E-state index is 14.2. The molecule has 2 aliphatic heterocycles. The molecule has 4 amide bonds. The first-order valence-corrected chi connectivity index (χ1v) is 27.1. The summed E-state index contributed by atoms with van der Waals surface area (Å²) >= 11 is 3.28. The zero-order valence-electron chi connectivity index (χ0n) is 43.6. The number of aliphatic hydroxyl groups excluding tert-OH is 1. The molecular formula is C56H69N9O7S2. The molecule has 18 heteroatoms. The molecule has 0 radical (unpaired) electrons. The summed E-state index contributed by atoms with van der Waals surface area (Å²) in [6.07, 6.45) is 1.44. The minimum Gasteiger partial charge on any atom is -0.493 e. The SMILES string of the molecule is COc1cc2nc(C)nc(N[C@H](C)c3cc(-c4ccccc4CNCCC4CCN(C(=O)CC(=O)N[C@H](C(=O)N5C[C@H](O)C[C@H]5C(=O)NCc5ccc(-c6scnc6C)cc5)C(C)(C)C)CC4)cs3)c2cc1OC. The molecule has 74 heavy (non-hydrogen) atoms. The number of benzene rings is 3. The van der Waals surface area contributed by atoms with Crippen LogP contribution in [-0.2, 0) is 32.3 Å². The number of aliphatic hydroxyl groups is 1. The highest BCUT2D eigenvalue weighted by molar-refractivity contribution is 7.13. The zero-order chi connectivity index (χ0) is 52.7. The number of thiophene rings is 1. The molecule has 5 heterocycles. The number of rotatable bonds is 19. The van der Waals surface area contributed by atoms with Gasteiger partial charge in [-0.05, 0) is 103 Å². The number of carbonyl (C=O) groups is 4. The number of methoxy groups -OCH3 is 2. The lowest BCUT2D eigenvalue weighted by molar-refractivity contribution is -0.145. The second kappa shape index (κ2) is 23.8. The molecule has 8 rings (SSSR count). The number of amides is 4. The Labute approximate surface area is 441 Å². The Morgan fingerprint density at radius 2 is 1.64 bits per heavy atom. The summed E-state index contributed by atoms with van der Waals surface area (Å²) < 4.78 is 11.1. The molecule has 0 aliphatic carbocycles. The maximum absolute atomic E-state index is 14.2. The summed E-state index contributed by atoms with van der Waals surface area (Å²) in [4.78, 5) is 73.8. The van der Waals surface area contributed by atoms with Crippen LogP contribution in [0.2, 0.25) is 0 Å². The fraction of sp³-hybridized carbons (Fsp3) is 0.446. The molecule has 2 saturated heterocycles. The summed E-state index contributed by atoms with van der Waals surface area (Å²) in [5.41, 5.74) is 8.30. The van der Waals surface area contributed by atoms with Crippen molar-refractivity contribution in [1.29, 1.82) is 0 Å². The molecule has 16 nitrogen and oxygen atoms in total. The van der Waals surface area contributed by atoms with Crippen LogP contribution in [0.4, 0.5) is 5.82 Å². The van der Waals surface area contributed by atoms with Gasteiger partial charge in [0, 0.05) is 55.5 Å². The van der Waals surface area contributed by atoms with Gasteiger partial charge in [-0.2, -0.15) is 0 Å². The van der Waals surface area contributed by atoms with Crippen molar-refractivity contribution in [2.45, 2.75) is 111 Å². The first-order valence-electron chi connectivity index (χ1n) is 25.4. The molecule has 2 aliphatic rings. The van der Waals surface area contributed by atoms with Gasteiger partial charge in [-0.3, -0.25) is 19.2 Å². The lowest BCUT2D eigenvalue weighted by atomic mass is 9.85. The van der Waals surface area contributed by atoms with Gasteiger partial charge in [0.05, 0.1) is 48.0 Å². The van der Waals surface area contributed by atoms with Crippen molar-refractivity contribution >= 4 is 63.0 Å². The van der Waals surface area contributed by atoms with Crippen LogP contribution in [0.1, 0.15) is 93.4 Å². The topological polar surface area (TPSA) is 200 Å². The predicted molar refractivity (Wildman–Crippen MR) is 291 cm³/mol. The third kappa shape index (κ3) is 12.9. The van der Waals surface area contributed by atoms with Gasteiger partial charge in [0.1, 0.15) is 30.1 Å². The van der Waals surface area contributed by atoms with Gasteiger partial charge in [0.15, 0.2) is 11.5 Å². The molecule has 392 valence electrons. The van der Waals surface area contributed by atoms with E-state index in [0.717, 1.165) is 69.8 Å². The quantitative estimate of drug-likeness (QED) is 0.0385. The first-order chi connectivity index (χ1) is 35.5. The molecule has 6 aromatic rings.